The van der Waals surface area contributed by atoms with E-state index in [1.807, 2.05) is 0 Å². The van der Waals surface area contributed by atoms with Gasteiger partial charge in [-0.2, -0.15) is 0 Å². The van der Waals surface area contributed by atoms with Gasteiger partial charge in [-0.15, -0.1) is 0 Å². The summed E-state index contributed by atoms with van der Waals surface area (Å²) in [5, 5.41) is 0. The minimum Gasteiger partial charge on any atom is -0.296 e. The number of fused-ring (bicyclic) bond motifs is 6. The van der Waals surface area contributed by atoms with Gasteiger partial charge in [0.1, 0.15) is 11.6 Å². The van der Waals surface area contributed by atoms with Crippen molar-refractivity contribution in [2.45, 2.75) is 12.8 Å². The van der Waals surface area contributed by atoms with Crippen LogP contribution in [0.2, 0.25) is 0 Å². The van der Waals surface area contributed by atoms with Crippen molar-refractivity contribution >= 4 is 34.4 Å². The molecule has 12 rings (SSSR count). The van der Waals surface area contributed by atoms with Crippen LogP contribution in [0.3, 0.4) is 0 Å². The Morgan fingerprint density at radius 1 is 0.286 bits per heavy atom. The molecule has 0 saturated heterocycles. The third-order valence-electron chi connectivity index (χ3n) is 12.8. The van der Waals surface area contributed by atoms with E-state index in [1.165, 1.54) is 44.5 Å². The zero-order valence-corrected chi connectivity index (χ0v) is 34.8. The normalized spacial score (nSPS) is 12.0. The lowest BCUT2D eigenvalue weighted by Gasteiger charge is -2.32. The molecule has 0 N–H and O–H groups in total. The molecule has 63 heavy (non-hydrogen) atoms. The lowest BCUT2D eigenvalue weighted by Crippen LogP contribution is -2.19. The molecule has 0 atom stereocenters. The third-order valence-corrected chi connectivity index (χ3v) is 12.8. The Labute approximate surface area is 369 Å². The van der Waals surface area contributed by atoms with E-state index in [9.17, 15) is 0 Å². The summed E-state index contributed by atoms with van der Waals surface area (Å²) in [6.07, 6.45) is 1.80. The first-order valence-electron chi connectivity index (χ1n) is 21.9. The SMILES string of the molecule is c1ccc(-c2c(-c3ccccc3)c(N(c3ccccc3)c3ccc4c(c3)Cc3ccccc3-4)n(-c3ccccc3)c2N(c2ccccc2)c2ccc3c(c2)Cc2ccccc2-3)cc1. The predicted molar refractivity (Wildman–Crippen MR) is 262 cm³/mol. The van der Waals surface area contributed by atoms with Crippen LogP contribution < -0.4 is 9.80 Å². The Kier molecular flexibility index (Phi) is 8.97. The van der Waals surface area contributed by atoms with Crippen molar-refractivity contribution in [3.63, 3.8) is 0 Å². The highest BCUT2D eigenvalue weighted by Gasteiger charge is 2.35. The number of para-hydroxylation sites is 3. The summed E-state index contributed by atoms with van der Waals surface area (Å²) in [6.45, 7) is 0. The van der Waals surface area contributed by atoms with Gasteiger partial charge in [-0.05, 0) is 129 Å². The van der Waals surface area contributed by atoms with Crippen LogP contribution in [0, 0.1) is 0 Å². The van der Waals surface area contributed by atoms with Gasteiger partial charge >= 0.3 is 0 Å². The maximum atomic E-state index is 2.52. The second-order valence-corrected chi connectivity index (χ2v) is 16.5. The first-order chi connectivity index (χ1) is 31.3. The van der Waals surface area contributed by atoms with E-state index >= 15 is 0 Å². The highest BCUT2D eigenvalue weighted by molar-refractivity contribution is 6.06. The minimum atomic E-state index is 0.901. The van der Waals surface area contributed by atoms with E-state index in [-0.39, 0.29) is 0 Å². The molecule has 0 radical (unpaired) electrons. The molecule has 0 amide bonds. The van der Waals surface area contributed by atoms with E-state index in [0.29, 0.717) is 0 Å². The van der Waals surface area contributed by atoms with Crippen molar-refractivity contribution < 1.29 is 0 Å². The Hall–Kier alpha value is -8.14. The molecule has 0 fully saturated rings. The fourth-order valence-corrected chi connectivity index (χ4v) is 10.0. The van der Waals surface area contributed by atoms with Crippen molar-refractivity contribution in [3.8, 4) is 50.2 Å². The van der Waals surface area contributed by atoms with Gasteiger partial charge in [0.25, 0.3) is 0 Å². The van der Waals surface area contributed by atoms with Crippen LogP contribution in [0.1, 0.15) is 22.3 Å². The summed E-state index contributed by atoms with van der Waals surface area (Å²) in [4.78, 5) is 4.99. The van der Waals surface area contributed by atoms with Gasteiger partial charge in [0, 0.05) is 39.6 Å². The van der Waals surface area contributed by atoms with Crippen LogP contribution >= 0.6 is 0 Å². The number of rotatable bonds is 9. The zero-order valence-electron chi connectivity index (χ0n) is 34.8. The molecule has 0 saturated carbocycles. The van der Waals surface area contributed by atoms with Crippen LogP contribution in [0.5, 0.6) is 0 Å². The molecule has 1 heterocycles. The molecule has 1 aromatic heterocycles. The van der Waals surface area contributed by atoms with Gasteiger partial charge in [0.05, 0.1) is 0 Å². The van der Waals surface area contributed by atoms with Gasteiger partial charge in [-0.25, -0.2) is 0 Å². The Morgan fingerprint density at radius 2 is 0.635 bits per heavy atom. The lowest BCUT2D eigenvalue weighted by molar-refractivity contribution is 1.01. The number of anilines is 6. The average molecular weight is 806 g/mol. The van der Waals surface area contributed by atoms with Gasteiger partial charge < -0.3 is 0 Å². The maximum absolute atomic E-state index is 2.52. The van der Waals surface area contributed by atoms with E-state index in [2.05, 4.69) is 251 Å². The molecular formula is C60H43N3. The number of benzene rings is 9. The van der Waals surface area contributed by atoms with Gasteiger partial charge in [0.2, 0.25) is 0 Å². The first-order valence-corrected chi connectivity index (χ1v) is 21.9. The fourth-order valence-electron chi connectivity index (χ4n) is 10.0. The van der Waals surface area contributed by atoms with Crippen molar-refractivity contribution in [2.24, 2.45) is 0 Å². The average Bonchev–Trinajstić information content (AvgIpc) is 4.03. The van der Waals surface area contributed by atoms with Gasteiger partial charge in [-0.3, -0.25) is 14.4 Å². The number of hydrogen-bond donors (Lipinski definition) is 0. The maximum Gasteiger partial charge on any atom is 0.132 e. The van der Waals surface area contributed by atoms with Crippen LogP contribution in [0.25, 0.3) is 50.2 Å². The molecule has 298 valence electrons. The molecule has 2 aliphatic rings. The van der Waals surface area contributed by atoms with Crippen LogP contribution in [0.15, 0.2) is 237 Å². The summed E-state index contributed by atoms with van der Waals surface area (Å²) in [6, 6.07) is 86.6. The van der Waals surface area contributed by atoms with Crippen molar-refractivity contribution in [3.05, 3.63) is 259 Å². The summed E-state index contributed by atoms with van der Waals surface area (Å²) >= 11 is 0. The monoisotopic (exact) mass is 805 g/mol. The standard InChI is InChI=1S/C60H43N3/c1-6-20-42(21-7-1)57-58(43-22-8-2-9-23-43)60(62(49-28-12-4-13-29-49)52-35-37-56-47(41-52)39-45-25-17-19-33-54(45)56)63(50-30-14-5-15-31-50)59(57)61(48-26-10-3-11-27-48)51-34-36-55-46(40-51)38-44-24-16-18-32-53(44)55/h1-37,40-41H,38-39H2. The highest BCUT2D eigenvalue weighted by atomic mass is 15.3. The smallest absolute Gasteiger partial charge is 0.132 e. The minimum absolute atomic E-state index is 0.901. The number of hydrogen-bond acceptors (Lipinski definition) is 2. The molecule has 0 aliphatic heterocycles. The Balaban J connectivity index is 1.22. The lowest BCUT2D eigenvalue weighted by atomic mass is 9.96. The summed E-state index contributed by atoms with van der Waals surface area (Å²) < 4.78 is 2.52. The van der Waals surface area contributed by atoms with Crippen LogP contribution in [-0.2, 0) is 12.8 Å². The van der Waals surface area contributed by atoms with Gasteiger partial charge in [0.15, 0.2) is 0 Å². The van der Waals surface area contributed by atoms with E-state index in [4.69, 9.17) is 0 Å². The molecule has 0 spiro atoms. The molecule has 10 aromatic rings. The number of nitrogens with zero attached hydrogens (tertiary/aromatic N) is 3. The molecular weight excluding hydrogens is 763 g/mol. The van der Waals surface area contributed by atoms with E-state index < -0.39 is 0 Å². The molecule has 2 aliphatic carbocycles. The van der Waals surface area contributed by atoms with E-state index in [0.717, 1.165) is 75.2 Å². The molecule has 3 heteroatoms. The van der Waals surface area contributed by atoms with Crippen LogP contribution in [0.4, 0.5) is 34.4 Å². The summed E-state index contributed by atoms with van der Waals surface area (Å²) in [5.41, 5.74) is 20.7. The van der Waals surface area contributed by atoms with Crippen LogP contribution in [-0.4, -0.2) is 4.57 Å². The van der Waals surface area contributed by atoms with E-state index in [1.54, 1.807) is 0 Å². The van der Waals surface area contributed by atoms with Crippen molar-refractivity contribution in [1.29, 1.82) is 0 Å². The second-order valence-electron chi connectivity index (χ2n) is 16.5. The fraction of sp³-hybridized carbons (Fsp3) is 0.0333. The number of aromatic nitrogens is 1. The molecule has 9 aromatic carbocycles. The zero-order chi connectivity index (χ0) is 41.7. The topological polar surface area (TPSA) is 11.4 Å². The summed E-state index contributed by atoms with van der Waals surface area (Å²) in [7, 11) is 0. The third kappa shape index (κ3) is 6.28. The first kappa shape index (κ1) is 36.7. The molecule has 3 nitrogen and oxygen atoms in total. The quantitative estimate of drug-likeness (QED) is 0.144. The Bertz CT molecular complexity index is 3060. The van der Waals surface area contributed by atoms with Gasteiger partial charge in [-0.1, -0.05) is 176 Å². The largest absolute Gasteiger partial charge is 0.296 e. The summed E-state index contributed by atoms with van der Waals surface area (Å²) in [5.74, 6) is 2.11. The predicted octanol–water partition coefficient (Wildman–Crippen LogP) is 15.9. The second kappa shape index (κ2) is 15.4. The van der Waals surface area contributed by atoms with Crippen molar-refractivity contribution in [1.82, 2.24) is 4.57 Å². The van der Waals surface area contributed by atoms with Crippen molar-refractivity contribution in [2.75, 3.05) is 9.80 Å². The highest BCUT2D eigenvalue weighted by Crippen LogP contribution is 2.56. The molecule has 0 unspecified atom stereocenters. The molecule has 0 bridgehead atoms. The Morgan fingerprint density at radius 3 is 1.06 bits per heavy atom.